The van der Waals surface area contributed by atoms with Crippen LogP contribution < -0.4 is 0 Å². The van der Waals surface area contributed by atoms with Gasteiger partial charge in [0, 0.05) is 13.0 Å². The molecule has 0 radical (unpaired) electrons. The first-order valence-corrected chi connectivity index (χ1v) is 7.62. The zero-order chi connectivity index (χ0) is 15.2. The SMILES string of the molecule is C=CCOC(=O)CCC/C=C\C.CC1CCC(CO)C1. The minimum Gasteiger partial charge on any atom is -0.461 e. The van der Waals surface area contributed by atoms with E-state index in [0.717, 1.165) is 18.8 Å². The van der Waals surface area contributed by atoms with Crippen molar-refractivity contribution in [2.75, 3.05) is 13.2 Å². The van der Waals surface area contributed by atoms with Crippen molar-refractivity contribution in [2.24, 2.45) is 11.8 Å². The van der Waals surface area contributed by atoms with Crippen LogP contribution in [0.5, 0.6) is 0 Å². The van der Waals surface area contributed by atoms with Gasteiger partial charge >= 0.3 is 5.97 Å². The Morgan fingerprint density at radius 1 is 1.45 bits per heavy atom. The van der Waals surface area contributed by atoms with Gasteiger partial charge in [-0.25, -0.2) is 0 Å². The lowest BCUT2D eigenvalue weighted by Gasteiger charge is -2.01. The van der Waals surface area contributed by atoms with Gasteiger partial charge in [-0.1, -0.05) is 38.2 Å². The van der Waals surface area contributed by atoms with Crippen LogP contribution in [0.25, 0.3) is 0 Å². The first-order valence-electron chi connectivity index (χ1n) is 7.62. The Morgan fingerprint density at radius 3 is 2.65 bits per heavy atom. The number of carbonyl (C=O) groups is 1. The van der Waals surface area contributed by atoms with Gasteiger partial charge in [0.15, 0.2) is 0 Å². The number of unbranched alkanes of at least 4 members (excludes halogenated alkanes) is 1. The summed E-state index contributed by atoms with van der Waals surface area (Å²) in [7, 11) is 0. The van der Waals surface area contributed by atoms with Crippen molar-refractivity contribution in [1.29, 1.82) is 0 Å². The standard InChI is InChI=1S/C10H16O2.C7H14O/c1-3-5-6-7-8-10(11)12-9-4-2;1-6-2-3-7(4-6)5-8/h3-5H,2,6-9H2,1H3;6-8H,2-5H2,1H3/b5-3-;. The van der Waals surface area contributed by atoms with Crippen molar-refractivity contribution < 1.29 is 14.6 Å². The fourth-order valence-electron chi connectivity index (χ4n) is 2.25. The predicted octanol–water partition coefficient (Wildman–Crippen LogP) is 3.88. The summed E-state index contributed by atoms with van der Waals surface area (Å²) in [6.45, 7) is 8.41. The molecule has 3 nitrogen and oxygen atoms in total. The van der Waals surface area contributed by atoms with Gasteiger partial charge in [-0.15, -0.1) is 0 Å². The van der Waals surface area contributed by atoms with Gasteiger partial charge in [-0.2, -0.15) is 0 Å². The summed E-state index contributed by atoms with van der Waals surface area (Å²) in [5.74, 6) is 1.36. The predicted molar refractivity (Wildman–Crippen MR) is 83.4 cm³/mol. The molecule has 0 amide bonds. The van der Waals surface area contributed by atoms with Crippen LogP contribution in [0.15, 0.2) is 24.8 Å². The van der Waals surface area contributed by atoms with Crippen molar-refractivity contribution in [3.05, 3.63) is 24.8 Å². The van der Waals surface area contributed by atoms with E-state index in [1.165, 1.54) is 19.3 Å². The van der Waals surface area contributed by atoms with Crippen LogP contribution in [-0.2, 0) is 9.53 Å². The lowest BCUT2D eigenvalue weighted by Crippen LogP contribution is -2.03. The van der Waals surface area contributed by atoms with Gasteiger partial charge in [-0.05, 0) is 44.4 Å². The third-order valence-corrected chi connectivity index (χ3v) is 3.41. The summed E-state index contributed by atoms with van der Waals surface area (Å²) in [6, 6.07) is 0. The molecule has 1 saturated carbocycles. The van der Waals surface area contributed by atoms with Gasteiger partial charge in [0.2, 0.25) is 0 Å². The number of ether oxygens (including phenoxy) is 1. The van der Waals surface area contributed by atoms with Gasteiger partial charge in [0.05, 0.1) is 0 Å². The second-order valence-corrected chi connectivity index (χ2v) is 5.40. The number of hydrogen-bond donors (Lipinski definition) is 1. The number of hydrogen-bond acceptors (Lipinski definition) is 3. The maximum absolute atomic E-state index is 10.9. The summed E-state index contributed by atoms with van der Waals surface area (Å²) >= 11 is 0. The number of allylic oxidation sites excluding steroid dienone is 2. The third kappa shape index (κ3) is 10.8. The van der Waals surface area contributed by atoms with Crippen molar-refractivity contribution >= 4 is 5.97 Å². The van der Waals surface area contributed by atoms with E-state index in [-0.39, 0.29) is 5.97 Å². The molecule has 0 spiro atoms. The van der Waals surface area contributed by atoms with Gasteiger partial charge in [0.25, 0.3) is 0 Å². The van der Waals surface area contributed by atoms with E-state index in [2.05, 4.69) is 13.5 Å². The first kappa shape index (κ1) is 18.9. The highest BCUT2D eigenvalue weighted by atomic mass is 16.5. The Bertz CT molecular complexity index is 284. The van der Waals surface area contributed by atoms with E-state index in [0.29, 0.717) is 25.6 Å². The topological polar surface area (TPSA) is 46.5 Å². The fourth-order valence-corrected chi connectivity index (χ4v) is 2.25. The molecule has 1 rings (SSSR count). The summed E-state index contributed by atoms with van der Waals surface area (Å²) in [5, 5.41) is 8.68. The second-order valence-electron chi connectivity index (χ2n) is 5.40. The highest BCUT2D eigenvalue weighted by Gasteiger charge is 2.19. The molecule has 2 atom stereocenters. The quantitative estimate of drug-likeness (QED) is 0.438. The molecule has 1 aliphatic carbocycles. The van der Waals surface area contributed by atoms with Crippen LogP contribution in [0.3, 0.4) is 0 Å². The average Bonchev–Trinajstić information content (AvgIpc) is 2.88. The Hall–Kier alpha value is -1.09. The lowest BCUT2D eigenvalue weighted by atomic mass is 10.1. The van der Waals surface area contributed by atoms with Crippen molar-refractivity contribution in [3.8, 4) is 0 Å². The number of aliphatic hydroxyl groups is 1. The van der Waals surface area contributed by atoms with E-state index < -0.39 is 0 Å². The maximum atomic E-state index is 10.9. The van der Waals surface area contributed by atoms with Crippen molar-refractivity contribution in [1.82, 2.24) is 0 Å². The van der Waals surface area contributed by atoms with Crippen LogP contribution in [0.4, 0.5) is 0 Å². The highest BCUT2D eigenvalue weighted by molar-refractivity contribution is 5.69. The molecule has 20 heavy (non-hydrogen) atoms. The molecule has 1 N–H and O–H groups in total. The molecule has 0 aromatic rings. The second kappa shape index (κ2) is 12.9. The van der Waals surface area contributed by atoms with Crippen LogP contribution in [-0.4, -0.2) is 24.3 Å². The number of esters is 1. The van der Waals surface area contributed by atoms with Gasteiger partial charge in [0.1, 0.15) is 6.61 Å². The van der Waals surface area contributed by atoms with Crippen molar-refractivity contribution in [2.45, 2.75) is 52.4 Å². The maximum Gasteiger partial charge on any atom is 0.306 e. The van der Waals surface area contributed by atoms with Crippen molar-refractivity contribution in [3.63, 3.8) is 0 Å². The molecule has 0 heterocycles. The molecule has 0 aliphatic heterocycles. The summed E-state index contributed by atoms with van der Waals surface area (Å²) in [5.41, 5.74) is 0. The Labute approximate surface area is 123 Å². The lowest BCUT2D eigenvalue weighted by molar-refractivity contribution is -0.142. The van der Waals surface area contributed by atoms with Gasteiger partial charge < -0.3 is 9.84 Å². The van der Waals surface area contributed by atoms with E-state index in [9.17, 15) is 4.79 Å². The van der Waals surface area contributed by atoms with Gasteiger partial charge in [-0.3, -0.25) is 4.79 Å². The molecule has 2 unspecified atom stereocenters. The summed E-state index contributed by atoms with van der Waals surface area (Å²) in [4.78, 5) is 10.9. The van der Waals surface area contributed by atoms with E-state index in [4.69, 9.17) is 9.84 Å². The molecular formula is C17H30O3. The van der Waals surface area contributed by atoms with Crippen LogP contribution >= 0.6 is 0 Å². The summed E-state index contributed by atoms with van der Waals surface area (Å²) in [6.07, 6.45) is 11.7. The Balaban J connectivity index is 0.000000388. The highest BCUT2D eigenvalue weighted by Crippen LogP contribution is 2.29. The van der Waals surface area contributed by atoms with Crippen LogP contribution in [0, 0.1) is 11.8 Å². The third-order valence-electron chi connectivity index (χ3n) is 3.41. The van der Waals surface area contributed by atoms with Crippen LogP contribution in [0.2, 0.25) is 0 Å². The largest absolute Gasteiger partial charge is 0.461 e. The molecule has 0 bridgehead atoms. The first-order chi connectivity index (χ1) is 9.63. The zero-order valence-electron chi connectivity index (χ0n) is 13.0. The molecule has 0 saturated heterocycles. The van der Waals surface area contributed by atoms with Crippen LogP contribution in [0.1, 0.15) is 52.4 Å². The zero-order valence-corrected chi connectivity index (χ0v) is 13.0. The molecule has 1 fully saturated rings. The Morgan fingerprint density at radius 2 is 2.20 bits per heavy atom. The number of aliphatic hydroxyl groups excluding tert-OH is 1. The molecule has 0 aromatic carbocycles. The number of carbonyl (C=O) groups excluding carboxylic acids is 1. The summed E-state index contributed by atoms with van der Waals surface area (Å²) < 4.78 is 4.79. The normalized spacial score (nSPS) is 21.4. The monoisotopic (exact) mass is 282 g/mol. The average molecular weight is 282 g/mol. The smallest absolute Gasteiger partial charge is 0.306 e. The Kier molecular flexibility index (Phi) is 12.2. The van der Waals surface area contributed by atoms with E-state index >= 15 is 0 Å². The molecule has 1 aliphatic rings. The molecular weight excluding hydrogens is 252 g/mol. The molecule has 0 aromatic heterocycles. The van der Waals surface area contributed by atoms with E-state index in [1.807, 2.05) is 19.1 Å². The van der Waals surface area contributed by atoms with E-state index in [1.54, 1.807) is 6.08 Å². The number of rotatable bonds is 7. The molecule has 116 valence electrons. The molecule has 3 heteroatoms. The minimum atomic E-state index is -0.139. The minimum absolute atomic E-state index is 0.139. The fraction of sp³-hybridized carbons (Fsp3) is 0.706.